The van der Waals surface area contributed by atoms with E-state index < -0.39 is 17.6 Å². The number of halogens is 3. The standard InChI is InChI=1S/C13H13F3N4O3/c1-7(2)10-17-8(6-9(18-10)13(14,15)16)11-19-23-12(22)20(11)4-3-5-21/h5-7H,3-4H2,1-2H3. The summed E-state index contributed by atoms with van der Waals surface area (Å²) in [4.78, 5) is 29.5. The van der Waals surface area contributed by atoms with Crippen LogP contribution < -0.4 is 5.76 Å². The van der Waals surface area contributed by atoms with Crippen molar-refractivity contribution in [1.29, 1.82) is 0 Å². The molecule has 0 aliphatic heterocycles. The minimum Gasteiger partial charge on any atom is -0.303 e. The fourth-order valence-corrected chi connectivity index (χ4v) is 1.82. The molecule has 0 N–H and O–H groups in total. The summed E-state index contributed by atoms with van der Waals surface area (Å²) < 4.78 is 44.4. The van der Waals surface area contributed by atoms with Crippen molar-refractivity contribution in [1.82, 2.24) is 19.7 Å². The Morgan fingerprint density at radius 1 is 1.35 bits per heavy atom. The zero-order valence-corrected chi connectivity index (χ0v) is 12.3. The summed E-state index contributed by atoms with van der Waals surface area (Å²) in [6, 6.07) is 0.695. The zero-order chi connectivity index (χ0) is 17.2. The fraction of sp³-hybridized carbons (Fsp3) is 0.462. The lowest BCUT2D eigenvalue weighted by atomic mass is 10.2. The molecule has 0 fully saturated rings. The second-order valence-electron chi connectivity index (χ2n) is 5.03. The predicted octanol–water partition coefficient (Wildman–Crippen LogP) is 2.02. The van der Waals surface area contributed by atoms with Crippen LogP contribution in [0.4, 0.5) is 13.2 Å². The second-order valence-corrected chi connectivity index (χ2v) is 5.03. The van der Waals surface area contributed by atoms with Gasteiger partial charge in [0, 0.05) is 18.9 Å². The summed E-state index contributed by atoms with van der Waals surface area (Å²) in [5, 5.41) is 3.46. The Hall–Kier alpha value is -2.52. The molecule has 0 saturated heterocycles. The van der Waals surface area contributed by atoms with E-state index in [4.69, 9.17) is 0 Å². The highest BCUT2D eigenvalue weighted by atomic mass is 19.4. The van der Waals surface area contributed by atoms with Crippen LogP contribution >= 0.6 is 0 Å². The first-order chi connectivity index (χ1) is 10.7. The van der Waals surface area contributed by atoms with Gasteiger partial charge in [0.25, 0.3) is 0 Å². The maximum atomic E-state index is 13.0. The van der Waals surface area contributed by atoms with Gasteiger partial charge in [0.15, 0.2) is 0 Å². The third-order valence-corrected chi connectivity index (χ3v) is 2.94. The van der Waals surface area contributed by atoms with Gasteiger partial charge in [0.1, 0.15) is 23.5 Å². The number of carbonyl (C=O) groups excluding carboxylic acids is 1. The van der Waals surface area contributed by atoms with Crippen LogP contribution in [0.1, 0.15) is 37.7 Å². The molecule has 0 aromatic carbocycles. The van der Waals surface area contributed by atoms with Gasteiger partial charge < -0.3 is 4.79 Å². The van der Waals surface area contributed by atoms with Crippen LogP contribution in [0.15, 0.2) is 15.4 Å². The number of rotatable bonds is 5. The second kappa shape index (κ2) is 6.31. The van der Waals surface area contributed by atoms with Gasteiger partial charge >= 0.3 is 11.9 Å². The van der Waals surface area contributed by atoms with E-state index in [9.17, 15) is 22.8 Å². The number of carbonyl (C=O) groups is 1. The lowest BCUT2D eigenvalue weighted by Gasteiger charge is -2.11. The average Bonchev–Trinajstić information content (AvgIpc) is 2.84. The molecule has 10 heteroatoms. The maximum absolute atomic E-state index is 13.0. The number of aldehydes is 1. The summed E-state index contributed by atoms with van der Waals surface area (Å²) in [6.07, 6.45) is -4.11. The van der Waals surface area contributed by atoms with Gasteiger partial charge in [0.2, 0.25) is 5.82 Å². The Labute approximate surface area is 128 Å². The van der Waals surface area contributed by atoms with E-state index in [0.717, 1.165) is 4.57 Å². The third-order valence-electron chi connectivity index (χ3n) is 2.94. The molecule has 0 aliphatic rings. The molecule has 2 aromatic heterocycles. The quantitative estimate of drug-likeness (QED) is 0.779. The SMILES string of the molecule is CC(C)c1nc(-c2noc(=O)n2CCC=O)cc(C(F)(F)F)n1. The van der Waals surface area contributed by atoms with Crippen LogP contribution in [0.25, 0.3) is 11.5 Å². The van der Waals surface area contributed by atoms with Crippen LogP contribution in [0.3, 0.4) is 0 Å². The highest BCUT2D eigenvalue weighted by Gasteiger charge is 2.34. The molecule has 0 aliphatic carbocycles. The van der Waals surface area contributed by atoms with E-state index in [1.165, 1.54) is 0 Å². The van der Waals surface area contributed by atoms with Crippen LogP contribution in [-0.2, 0) is 17.5 Å². The van der Waals surface area contributed by atoms with Crippen LogP contribution in [0.2, 0.25) is 0 Å². The van der Waals surface area contributed by atoms with E-state index in [1.54, 1.807) is 13.8 Å². The lowest BCUT2D eigenvalue weighted by molar-refractivity contribution is -0.141. The van der Waals surface area contributed by atoms with Crippen LogP contribution in [0.5, 0.6) is 0 Å². The van der Waals surface area contributed by atoms with E-state index in [-0.39, 0.29) is 36.2 Å². The van der Waals surface area contributed by atoms with Gasteiger partial charge in [-0.2, -0.15) is 13.2 Å². The average molecular weight is 330 g/mol. The topological polar surface area (TPSA) is 90.9 Å². The molecule has 0 amide bonds. The number of hydrogen-bond acceptors (Lipinski definition) is 6. The molecule has 23 heavy (non-hydrogen) atoms. The molecule has 2 aromatic rings. The van der Waals surface area contributed by atoms with Crippen molar-refractivity contribution in [2.75, 3.05) is 0 Å². The minimum atomic E-state index is -4.67. The summed E-state index contributed by atoms with van der Waals surface area (Å²) in [6.45, 7) is 3.21. The highest BCUT2D eigenvalue weighted by molar-refractivity contribution is 5.51. The van der Waals surface area contributed by atoms with E-state index in [0.29, 0.717) is 12.4 Å². The first-order valence-corrected chi connectivity index (χ1v) is 6.70. The summed E-state index contributed by atoms with van der Waals surface area (Å²) in [7, 11) is 0. The highest BCUT2D eigenvalue weighted by Crippen LogP contribution is 2.30. The Bertz CT molecular complexity index is 765. The molecule has 2 rings (SSSR count). The number of nitrogens with zero attached hydrogens (tertiary/aromatic N) is 4. The van der Waals surface area contributed by atoms with Crippen molar-refractivity contribution in [3.05, 3.63) is 28.1 Å². The van der Waals surface area contributed by atoms with Crippen molar-refractivity contribution < 1.29 is 22.5 Å². The van der Waals surface area contributed by atoms with Gasteiger partial charge in [-0.05, 0) is 6.07 Å². The summed E-state index contributed by atoms with van der Waals surface area (Å²) in [5.41, 5.74) is -1.32. The molecular weight excluding hydrogens is 317 g/mol. The Morgan fingerprint density at radius 2 is 2.04 bits per heavy atom. The van der Waals surface area contributed by atoms with Gasteiger partial charge in [-0.3, -0.25) is 9.09 Å². The van der Waals surface area contributed by atoms with Crippen molar-refractivity contribution in [2.45, 2.75) is 38.9 Å². The minimum absolute atomic E-state index is 0.0115. The summed E-state index contributed by atoms with van der Waals surface area (Å²) >= 11 is 0. The van der Waals surface area contributed by atoms with Crippen molar-refractivity contribution in [3.63, 3.8) is 0 Å². The molecular formula is C13H13F3N4O3. The van der Waals surface area contributed by atoms with E-state index >= 15 is 0 Å². The molecule has 2 heterocycles. The van der Waals surface area contributed by atoms with Gasteiger partial charge in [-0.25, -0.2) is 14.8 Å². The molecule has 0 atom stereocenters. The largest absolute Gasteiger partial charge is 0.441 e. The first kappa shape index (κ1) is 16.8. The molecule has 0 radical (unpaired) electrons. The van der Waals surface area contributed by atoms with E-state index in [1.807, 2.05) is 0 Å². The monoisotopic (exact) mass is 330 g/mol. The molecule has 0 spiro atoms. The van der Waals surface area contributed by atoms with Gasteiger partial charge in [-0.1, -0.05) is 19.0 Å². The van der Waals surface area contributed by atoms with Crippen molar-refractivity contribution >= 4 is 6.29 Å². The van der Waals surface area contributed by atoms with Gasteiger partial charge in [0.05, 0.1) is 0 Å². The smallest absolute Gasteiger partial charge is 0.303 e. The predicted molar refractivity (Wildman–Crippen MR) is 71.6 cm³/mol. The van der Waals surface area contributed by atoms with Crippen molar-refractivity contribution in [3.8, 4) is 11.5 Å². The number of alkyl halides is 3. The number of aromatic nitrogens is 4. The Balaban J connectivity index is 2.61. The van der Waals surface area contributed by atoms with Crippen LogP contribution in [-0.4, -0.2) is 26.0 Å². The molecule has 0 saturated carbocycles. The van der Waals surface area contributed by atoms with Crippen LogP contribution in [0, 0.1) is 0 Å². The fourth-order valence-electron chi connectivity index (χ4n) is 1.82. The molecule has 124 valence electrons. The Morgan fingerprint density at radius 3 is 2.61 bits per heavy atom. The van der Waals surface area contributed by atoms with E-state index in [2.05, 4.69) is 19.6 Å². The maximum Gasteiger partial charge on any atom is 0.441 e. The normalized spacial score (nSPS) is 11.9. The lowest BCUT2D eigenvalue weighted by Crippen LogP contribution is -2.17. The molecule has 7 nitrogen and oxygen atoms in total. The third kappa shape index (κ3) is 3.63. The van der Waals surface area contributed by atoms with Gasteiger partial charge in [-0.15, -0.1) is 0 Å². The zero-order valence-electron chi connectivity index (χ0n) is 12.3. The molecule has 0 unspecified atom stereocenters. The first-order valence-electron chi connectivity index (χ1n) is 6.70. The summed E-state index contributed by atoms with van der Waals surface area (Å²) in [5.74, 6) is -1.45. The van der Waals surface area contributed by atoms with Crippen molar-refractivity contribution in [2.24, 2.45) is 0 Å². The Kier molecular flexibility index (Phi) is 4.62. The molecule has 0 bridgehead atoms. The number of hydrogen-bond donors (Lipinski definition) is 0.